The predicted octanol–water partition coefficient (Wildman–Crippen LogP) is 4.83. The second kappa shape index (κ2) is 7.53. The molecule has 0 radical (unpaired) electrons. The molecular formula is C26H19FN2O. The summed E-state index contributed by atoms with van der Waals surface area (Å²) in [4.78, 5) is 18.2. The number of para-hydroxylation sites is 1. The van der Waals surface area contributed by atoms with Gasteiger partial charge in [-0.25, -0.2) is 4.39 Å². The number of nitrogens with zero attached hydrogens (tertiary/aromatic N) is 1. The highest BCUT2D eigenvalue weighted by molar-refractivity contribution is 5.95. The molecule has 3 nitrogen and oxygen atoms in total. The number of nitrogens with one attached hydrogen (secondary N) is 1. The van der Waals surface area contributed by atoms with Gasteiger partial charge in [0.25, 0.3) is 5.91 Å². The molecular weight excluding hydrogens is 375 g/mol. The number of rotatable bonds is 1. The lowest BCUT2D eigenvalue weighted by Gasteiger charge is -2.35. The molecule has 2 heterocycles. The van der Waals surface area contributed by atoms with Crippen molar-refractivity contribution in [3.63, 3.8) is 0 Å². The summed E-state index contributed by atoms with van der Waals surface area (Å²) in [6.07, 6.45) is 0.697. The van der Waals surface area contributed by atoms with Gasteiger partial charge in [0.15, 0.2) is 0 Å². The molecule has 146 valence electrons. The summed E-state index contributed by atoms with van der Waals surface area (Å²) in [7, 11) is 0. The molecule has 1 amide bonds. The molecule has 0 unspecified atom stereocenters. The predicted molar refractivity (Wildman–Crippen MR) is 115 cm³/mol. The monoisotopic (exact) mass is 394 g/mol. The highest BCUT2D eigenvalue weighted by Gasteiger charge is 2.35. The Morgan fingerprint density at radius 1 is 0.967 bits per heavy atom. The van der Waals surface area contributed by atoms with Gasteiger partial charge in [-0.3, -0.25) is 4.79 Å². The molecule has 30 heavy (non-hydrogen) atoms. The van der Waals surface area contributed by atoms with Crippen molar-refractivity contribution in [2.45, 2.75) is 12.5 Å². The lowest BCUT2D eigenvalue weighted by molar-refractivity contribution is -0.127. The first-order valence-corrected chi connectivity index (χ1v) is 9.94. The Hall–Kier alpha value is -3.84. The fourth-order valence-corrected chi connectivity index (χ4v) is 4.20. The van der Waals surface area contributed by atoms with E-state index in [1.165, 1.54) is 6.07 Å². The number of aromatic nitrogens is 1. The standard InChI is InChI=1S/C26H19FN2O/c27-22-12-6-4-11-21(22)26-25-20(19-10-5-7-13-23(19)28-25)16-17-29(26)24(30)15-14-18-8-2-1-3-9-18/h1-13,26,28H,16-17H2/t26-/m1/s1. The molecule has 1 N–H and O–H groups in total. The second-order valence-corrected chi connectivity index (χ2v) is 7.35. The maximum atomic E-state index is 14.8. The van der Waals surface area contributed by atoms with Gasteiger partial charge in [-0.15, -0.1) is 0 Å². The summed E-state index contributed by atoms with van der Waals surface area (Å²) in [5.41, 5.74) is 4.24. The van der Waals surface area contributed by atoms with Crippen molar-refractivity contribution in [3.8, 4) is 11.8 Å². The normalized spacial score (nSPS) is 15.4. The topological polar surface area (TPSA) is 36.1 Å². The van der Waals surface area contributed by atoms with Crippen LogP contribution in [0.5, 0.6) is 0 Å². The lowest BCUT2D eigenvalue weighted by atomic mass is 9.92. The SMILES string of the molecule is O=C(C#Cc1ccccc1)N1CCc2c([nH]c3ccccc23)[C@H]1c1ccccc1F. The molecule has 0 bridgehead atoms. The summed E-state index contributed by atoms with van der Waals surface area (Å²) >= 11 is 0. The van der Waals surface area contributed by atoms with E-state index in [1.54, 1.807) is 23.1 Å². The Bertz CT molecular complexity index is 1300. The zero-order chi connectivity index (χ0) is 20.5. The molecule has 1 aliphatic rings. The van der Waals surface area contributed by atoms with E-state index in [2.05, 4.69) is 22.9 Å². The third-order valence-corrected chi connectivity index (χ3v) is 5.58. The largest absolute Gasteiger partial charge is 0.356 e. The fraction of sp³-hybridized carbons (Fsp3) is 0.115. The van der Waals surface area contributed by atoms with Crippen molar-refractivity contribution in [2.75, 3.05) is 6.54 Å². The van der Waals surface area contributed by atoms with Gasteiger partial charge in [0.2, 0.25) is 0 Å². The van der Waals surface area contributed by atoms with Crippen molar-refractivity contribution in [1.29, 1.82) is 0 Å². The maximum absolute atomic E-state index is 14.8. The van der Waals surface area contributed by atoms with E-state index in [0.717, 1.165) is 27.7 Å². The number of benzene rings is 3. The number of aromatic amines is 1. The number of hydrogen-bond acceptors (Lipinski definition) is 1. The number of hydrogen-bond donors (Lipinski definition) is 1. The number of carbonyl (C=O) groups excluding carboxylic acids is 1. The number of carbonyl (C=O) groups is 1. The molecule has 0 spiro atoms. The van der Waals surface area contributed by atoms with Crippen LogP contribution in [0.15, 0.2) is 78.9 Å². The highest BCUT2D eigenvalue weighted by Crippen LogP contribution is 2.39. The average Bonchev–Trinajstić information content (AvgIpc) is 3.17. The first-order chi connectivity index (χ1) is 14.7. The summed E-state index contributed by atoms with van der Waals surface area (Å²) in [6, 6.07) is 23.5. The number of fused-ring (bicyclic) bond motifs is 3. The van der Waals surface area contributed by atoms with Crippen molar-refractivity contribution in [2.24, 2.45) is 0 Å². The van der Waals surface area contributed by atoms with Crippen LogP contribution in [0, 0.1) is 17.7 Å². The third kappa shape index (κ3) is 3.15. The summed E-state index contributed by atoms with van der Waals surface area (Å²) in [5.74, 6) is 5.05. The summed E-state index contributed by atoms with van der Waals surface area (Å²) < 4.78 is 14.8. The molecule has 1 atom stereocenters. The van der Waals surface area contributed by atoms with Crippen molar-refractivity contribution in [3.05, 3.63) is 107 Å². The van der Waals surface area contributed by atoms with Crippen LogP contribution in [-0.2, 0) is 11.2 Å². The van der Waals surface area contributed by atoms with E-state index in [9.17, 15) is 9.18 Å². The molecule has 5 rings (SSSR count). The quantitative estimate of drug-likeness (QED) is 0.461. The first-order valence-electron chi connectivity index (χ1n) is 9.94. The Morgan fingerprint density at radius 2 is 1.70 bits per heavy atom. The van der Waals surface area contributed by atoms with Crippen LogP contribution in [0.4, 0.5) is 4.39 Å². The third-order valence-electron chi connectivity index (χ3n) is 5.58. The lowest BCUT2D eigenvalue weighted by Crippen LogP contribution is -2.40. The maximum Gasteiger partial charge on any atom is 0.299 e. The molecule has 0 saturated carbocycles. The van der Waals surface area contributed by atoms with Crippen LogP contribution in [0.3, 0.4) is 0 Å². The van der Waals surface area contributed by atoms with Crippen LogP contribution >= 0.6 is 0 Å². The van der Waals surface area contributed by atoms with Gasteiger partial charge < -0.3 is 9.88 Å². The van der Waals surface area contributed by atoms with Gasteiger partial charge in [0.1, 0.15) is 11.9 Å². The zero-order valence-corrected chi connectivity index (χ0v) is 16.2. The van der Waals surface area contributed by atoms with E-state index >= 15 is 0 Å². The van der Waals surface area contributed by atoms with Gasteiger partial charge in [0, 0.05) is 40.2 Å². The van der Waals surface area contributed by atoms with Crippen LogP contribution in [0.2, 0.25) is 0 Å². The second-order valence-electron chi connectivity index (χ2n) is 7.35. The van der Waals surface area contributed by atoms with Gasteiger partial charge >= 0.3 is 0 Å². The Balaban J connectivity index is 1.61. The Morgan fingerprint density at radius 3 is 2.53 bits per heavy atom. The van der Waals surface area contributed by atoms with Crippen LogP contribution in [-0.4, -0.2) is 22.3 Å². The minimum absolute atomic E-state index is 0.309. The van der Waals surface area contributed by atoms with Crippen molar-refractivity contribution in [1.82, 2.24) is 9.88 Å². The van der Waals surface area contributed by atoms with E-state index in [1.807, 2.05) is 48.5 Å². The van der Waals surface area contributed by atoms with E-state index in [-0.39, 0.29) is 11.7 Å². The molecule has 3 aromatic carbocycles. The van der Waals surface area contributed by atoms with E-state index in [4.69, 9.17) is 0 Å². The van der Waals surface area contributed by atoms with Crippen LogP contribution in [0.25, 0.3) is 10.9 Å². The van der Waals surface area contributed by atoms with Gasteiger partial charge in [-0.2, -0.15) is 0 Å². The molecule has 0 saturated heterocycles. The molecule has 4 aromatic rings. The van der Waals surface area contributed by atoms with Crippen molar-refractivity contribution < 1.29 is 9.18 Å². The van der Waals surface area contributed by atoms with E-state index in [0.29, 0.717) is 18.5 Å². The molecule has 4 heteroatoms. The fourth-order valence-electron chi connectivity index (χ4n) is 4.20. The minimum atomic E-state index is -0.542. The number of H-pyrrole nitrogens is 1. The van der Waals surface area contributed by atoms with Crippen LogP contribution in [0.1, 0.15) is 28.4 Å². The molecule has 0 aliphatic carbocycles. The van der Waals surface area contributed by atoms with Crippen LogP contribution < -0.4 is 0 Å². The molecule has 0 fully saturated rings. The Kier molecular flexibility index (Phi) is 4.57. The molecule has 1 aromatic heterocycles. The van der Waals surface area contributed by atoms with Gasteiger partial charge in [-0.1, -0.05) is 60.5 Å². The summed E-state index contributed by atoms with van der Waals surface area (Å²) in [5, 5.41) is 1.12. The first kappa shape index (κ1) is 18.2. The smallest absolute Gasteiger partial charge is 0.299 e. The average molecular weight is 394 g/mol. The number of amides is 1. The Labute approximate surface area is 174 Å². The zero-order valence-electron chi connectivity index (χ0n) is 16.2. The van der Waals surface area contributed by atoms with E-state index < -0.39 is 6.04 Å². The van der Waals surface area contributed by atoms with Gasteiger partial charge in [-0.05, 0) is 36.2 Å². The summed E-state index contributed by atoms with van der Waals surface area (Å²) in [6.45, 7) is 0.482. The molecule has 1 aliphatic heterocycles. The highest BCUT2D eigenvalue weighted by atomic mass is 19.1. The van der Waals surface area contributed by atoms with Crippen molar-refractivity contribution >= 4 is 16.8 Å². The number of halogens is 1. The minimum Gasteiger partial charge on any atom is -0.356 e. The van der Waals surface area contributed by atoms with Gasteiger partial charge in [0.05, 0.1) is 0 Å².